The van der Waals surface area contributed by atoms with Gasteiger partial charge >= 0.3 is 0 Å². The first kappa shape index (κ1) is 16.7. The number of ether oxygens (including phenoxy) is 1. The highest BCUT2D eigenvalue weighted by Crippen LogP contribution is 2.40. The number of nitrogens with two attached hydrogens (primary N) is 1. The van der Waals surface area contributed by atoms with E-state index >= 15 is 0 Å². The van der Waals surface area contributed by atoms with Crippen molar-refractivity contribution in [1.82, 2.24) is 9.88 Å². The minimum Gasteiger partial charge on any atom is -0.483 e. The van der Waals surface area contributed by atoms with E-state index in [9.17, 15) is 0 Å². The molecule has 2 aromatic carbocycles. The highest BCUT2D eigenvalue weighted by atomic mass is 16.5. The summed E-state index contributed by atoms with van der Waals surface area (Å²) in [6.07, 6.45) is 5.17. The van der Waals surface area contributed by atoms with E-state index in [2.05, 4.69) is 40.2 Å². The van der Waals surface area contributed by atoms with Gasteiger partial charge in [0, 0.05) is 24.2 Å². The maximum absolute atomic E-state index is 6.69. The van der Waals surface area contributed by atoms with Gasteiger partial charge in [-0.3, -0.25) is 9.88 Å². The maximum atomic E-state index is 6.69. The summed E-state index contributed by atoms with van der Waals surface area (Å²) in [5, 5.41) is 1.07. The van der Waals surface area contributed by atoms with Gasteiger partial charge in [-0.05, 0) is 55.1 Å². The molecule has 0 spiro atoms. The van der Waals surface area contributed by atoms with Crippen molar-refractivity contribution in [3.05, 3.63) is 71.9 Å². The van der Waals surface area contributed by atoms with Crippen LogP contribution in [0.4, 0.5) is 0 Å². The minimum absolute atomic E-state index is 0.0253. The molecule has 0 radical (unpaired) electrons. The number of nitrogens with zero attached hydrogens (tertiary/aromatic N) is 2. The lowest BCUT2D eigenvalue weighted by Crippen LogP contribution is -2.49. The average molecular weight is 359 g/mol. The first-order chi connectivity index (χ1) is 13.3. The average Bonchev–Trinajstić information content (AvgIpc) is 3.07. The normalized spacial score (nSPS) is 25.4. The van der Waals surface area contributed by atoms with Crippen LogP contribution in [-0.2, 0) is 6.42 Å². The van der Waals surface area contributed by atoms with E-state index in [4.69, 9.17) is 10.5 Å². The SMILES string of the molecule is N[C@@H]1CCCN([C@@H]2Cc3ccccc3[C@H]2Oc2ccnc3ccccc23)C1. The standard InChI is InChI=1S/C23H25N3O/c24-17-7-5-13-26(15-17)21-14-16-6-1-2-8-18(16)23(21)27-22-11-12-25-20-10-4-3-9-19(20)22/h1-4,6,8-12,17,21,23H,5,7,13-15,24H2/t17-,21-,23-/m1/s1. The van der Waals surface area contributed by atoms with Gasteiger partial charge in [0.2, 0.25) is 0 Å². The molecule has 0 bridgehead atoms. The molecule has 5 rings (SSSR count). The summed E-state index contributed by atoms with van der Waals surface area (Å²) in [5.41, 5.74) is 9.95. The van der Waals surface area contributed by atoms with Gasteiger partial charge in [0.25, 0.3) is 0 Å². The number of para-hydroxylation sites is 1. The highest BCUT2D eigenvalue weighted by Gasteiger charge is 2.39. The lowest BCUT2D eigenvalue weighted by Gasteiger charge is -2.38. The molecular weight excluding hydrogens is 334 g/mol. The fraction of sp³-hybridized carbons (Fsp3) is 0.348. The van der Waals surface area contributed by atoms with E-state index in [0.717, 1.165) is 42.6 Å². The molecule has 0 saturated carbocycles. The Balaban J connectivity index is 1.52. The second kappa shape index (κ2) is 6.95. The van der Waals surface area contributed by atoms with Crippen LogP contribution < -0.4 is 10.5 Å². The molecule has 2 heterocycles. The van der Waals surface area contributed by atoms with Crippen molar-refractivity contribution in [2.75, 3.05) is 13.1 Å². The van der Waals surface area contributed by atoms with Crippen LogP contribution in [0.2, 0.25) is 0 Å². The van der Waals surface area contributed by atoms with Crippen molar-refractivity contribution in [1.29, 1.82) is 0 Å². The number of fused-ring (bicyclic) bond motifs is 2. The number of aromatic nitrogens is 1. The Morgan fingerprint density at radius 3 is 2.81 bits per heavy atom. The van der Waals surface area contributed by atoms with Crippen molar-refractivity contribution in [3.8, 4) is 5.75 Å². The Kier molecular flexibility index (Phi) is 4.30. The Morgan fingerprint density at radius 2 is 1.89 bits per heavy atom. The summed E-state index contributed by atoms with van der Waals surface area (Å²) < 4.78 is 6.69. The third-order valence-electron chi connectivity index (χ3n) is 5.96. The van der Waals surface area contributed by atoms with Crippen LogP contribution in [0.25, 0.3) is 10.9 Å². The lowest BCUT2D eigenvalue weighted by molar-refractivity contribution is 0.0601. The fourth-order valence-corrected chi connectivity index (χ4v) is 4.65. The number of likely N-dealkylation sites (tertiary alicyclic amines) is 1. The van der Waals surface area contributed by atoms with Crippen LogP contribution in [0, 0.1) is 0 Å². The molecule has 4 nitrogen and oxygen atoms in total. The molecule has 27 heavy (non-hydrogen) atoms. The van der Waals surface area contributed by atoms with E-state index in [1.165, 1.54) is 17.5 Å². The van der Waals surface area contributed by atoms with Gasteiger partial charge in [-0.25, -0.2) is 0 Å². The lowest BCUT2D eigenvalue weighted by atomic mass is 10.0. The number of pyridine rings is 1. The topological polar surface area (TPSA) is 51.4 Å². The van der Waals surface area contributed by atoms with Crippen LogP contribution in [0.3, 0.4) is 0 Å². The van der Waals surface area contributed by atoms with Crippen LogP contribution in [0.1, 0.15) is 30.1 Å². The monoisotopic (exact) mass is 359 g/mol. The van der Waals surface area contributed by atoms with Gasteiger partial charge in [0.1, 0.15) is 11.9 Å². The predicted octanol–water partition coefficient (Wildman–Crippen LogP) is 3.70. The van der Waals surface area contributed by atoms with E-state index in [-0.39, 0.29) is 12.1 Å². The molecule has 1 saturated heterocycles. The summed E-state index contributed by atoms with van der Waals surface area (Å²) >= 11 is 0. The molecule has 2 N–H and O–H groups in total. The van der Waals surface area contributed by atoms with Gasteiger partial charge in [-0.2, -0.15) is 0 Å². The summed E-state index contributed by atoms with van der Waals surface area (Å²) in [6.45, 7) is 2.05. The molecule has 1 aromatic heterocycles. The Bertz CT molecular complexity index is 952. The van der Waals surface area contributed by atoms with E-state index < -0.39 is 0 Å². The van der Waals surface area contributed by atoms with Crippen molar-refractivity contribution in [3.63, 3.8) is 0 Å². The number of piperidine rings is 1. The maximum Gasteiger partial charge on any atom is 0.140 e. The number of rotatable bonds is 3. The van der Waals surface area contributed by atoms with Crippen molar-refractivity contribution in [2.45, 2.75) is 37.5 Å². The van der Waals surface area contributed by atoms with Gasteiger partial charge in [-0.15, -0.1) is 0 Å². The first-order valence-electron chi connectivity index (χ1n) is 9.87. The summed E-state index contributed by atoms with van der Waals surface area (Å²) in [7, 11) is 0. The third-order valence-corrected chi connectivity index (χ3v) is 5.96. The molecule has 0 amide bonds. The number of benzene rings is 2. The van der Waals surface area contributed by atoms with Crippen LogP contribution in [-0.4, -0.2) is 35.1 Å². The number of hydrogen-bond acceptors (Lipinski definition) is 4. The summed E-state index contributed by atoms with van der Waals surface area (Å²) in [6, 6.07) is 19.5. The quantitative estimate of drug-likeness (QED) is 0.775. The van der Waals surface area contributed by atoms with Crippen molar-refractivity contribution >= 4 is 10.9 Å². The van der Waals surface area contributed by atoms with Gasteiger partial charge in [-0.1, -0.05) is 36.4 Å². The predicted molar refractivity (Wildman–Crippen MR) is 108 cm³/mol. The first-order valence-corrected chi connectivity index (χ1v) is 9.87. The zero-order valence-electron chi connectivity index (χ0n) is 15.4. The molecular formula is C23H25N3O. The largest absolute Gasteiger partial charge is 0.483 e. The van der Waals surface area contributed by atoms with E-state index in [1.54, 1.807) is 0 Å². The molecule has 1 fully saturated rings. The molecule has 0 unspecified atom stereocenters. The van der Waals surface area contributed by atoms with Gasteiger partial charge in [0.15, 0.2) is 0 Å². The second-order valence-corrected chi connectivity index (χ2v) is 7.73. The Labute approximate surface area is 160 Å². The van der Waals surface area contributed by atoms with Gasteiger partial charge in [0.05, 0.1) is 11.6 Å². The summed E-state index contributed by atoms with van der Waals surface area (Å²) in [5.74, 6) is 0.911. The zero-order chi connectivity index (χ0) is 18.2. The van der Waals surface area contributed by atoms with Crippen LogP contribution in [0.15, 0.2) is 60.8 Å². The number of hydrogen-bond donors (Lipinski definition) is 1. The smallest absolute Gasteiger partial charge is 0.140 e. The van der Waals surface area contributed by atoms with Crippen LogP contribution >= 0.6 is 0 Å². The van der Waals surface area contributed by atoms with Gasteiger partial charge < -0.3 is 10.5 Å². The second-order valence-electron chi connectivity index (χ2n) is 7.73. The van der Waals surface area contributed by atoms with Crippen LogP contribution in [0.5, 0.6) is 5.75 Å². The summed E-state index contributed by atoms with van der Waals surface area (Å²) in [4.78, 5) is 7.02. The van der Waals surface area contributed by atoms with Crippen molar-refractivity contribution < 1.29 is 4.74 Å². The van der Waals surface area contributed by atoms with Crippen molar-refractivity contribution in [2.24, 2.45) is 5.73 Å². The van der Waals surface area contributed by atoms with E-state index in [1.807, 2.05) is 30.5 Å². The third kappa shape index (κ3) is 3.09. The highest BCUT2D eigenvalue weighted by molar-refractivity contribution is 5.84. The minimum atomic E-state index is 0.0253. The fourth-order valence-electron chi connectivity index (χ4n) is 4.65. The van der Waals surface area contributed by atoms with E-state index in [0.29, 0.717) is 6.04 Å². The molecule has 4 heteroatoms. The Hall–Kier alpha value is -2.43. The molecule has 3 atom stereocenters. The Morgan fingerprint density at radius 1 is 1.04 bits per heavy atom. The molecule has 2 aliphatic rings. The molecule has 138 valence electrons. The molecule has 3 aromatic rings. The zero-order valence-corrected chi connectivity index (χ0v) is 15.4. The molecule has 1 aliphatic carbocycles. The molecule has 1 aliphatic heterocycles.